The second kappa shape index (κ2) is 7.19. The number of fused-ring (bicyclic) bond motifs is 1. The molecule has 1 atom stereocenters. The molecular weight excluding hydrogens is 362 g/mol. The number of benzene rings is 1. The maximum Gasteiger partial charge on any atom is 0.261 e. The SMILES string of the molecule is Cl.NC(CNC(=O)c1ccc(-c2nc3ccccc3s2)s1)C1CC1. The molecule has 126 valence electrons. The zero-order chi connectivity index (χ0) is 15.8. The highest BCUT2D eigenvalue weighted by atomic mass is 35.5. The number of thiazole rings is 1. The zero-order valence-electron chi connectivity index (χ0n) is 12.9. The molecule has 1 aliphatic carbocycles. The van der Waals surface area contributed by atoms with E-state index in [-0.39, 0.29) is 24.4 Å². The number of rotatable bonds is 5. The Morgan fingerprint density at radius 2 is 2.04 bits per heavy atom. The third-order valence-corrected chi connectivity index (χ3v) is 6.35. The highest BCUT2D eigenvalue weighted by Gasteiger charge is 2.28. The Bertz CT molecular complexity index is 823. The first-order chi connectivity index (χ1) is 11.2. The van der Waals surface area contributed by atoms with E-state index in [1.54, 1.807) is 11.3 Å². The molecule has 3 aromatic rings. The van der Waals surface area contributed by atoms with E-state index in [0.717, 1.165) is 20.1 Å². The van der Waals surface area contributed by atoms with E-state index in [1.165, 1.54) is 24.2 Å². The predicted molar refractivity (Wildman–Crippen MR) is 103 cm³/mol. The number of hydrogen-bond donors (Lipinski definition) is 2. The van der Waals surface area contributed by atoms with Crippen LogP contribution in [-0.4, -0.2) is 23.5 Å². The fraction of sp³-hybridized carbons (Fsp3) is 0.294. The first-order valence-corrected chi connectivity index (χ1v) is 9.33. The van der Waals surface area contributed by atoms with Gasteiger partial charge in [-0.2, -0.15) is 0 Å². The van der Waals surface area contributed by atoms with Crippen molar-refractivity contribution in [3.63, 3.8) is 0 Å². The molecule has 3 N–H and O–H groups in total. The summed E-state index contributed by atoms with van der Waals surface area (Å²) in [6.07, 6.45) is 2.38. The van der Waals surface area contributed by atoms with Gasteiger partial charge in [0.2, 0.25) is 0 Å². The molecule has 0 aliphatic heterocycles. The van der Waals surface area contributed by atoms with Crippen LogP contribution in [0.4, 0.5) is 0 Å². The van der Waals surface area contributed by atoms with Gasteiger partial charge in [-0.15, -0.1) is 35.1 Å². The summed E-state index contributed by atoms with van der Waals surface area (Å²) in [5, 5.41) is 3.90. The first kappa shape index (κ1) is 17.4. The summed E-state index contributed by atoms with van der Waals surface area (Å²) in [7, 11) is 0. The number of para-hydroxylation sites is 1. The van der Waals surface area contributed by atoms with Gasteiger partial charge in [-0.05, 0) is 43.0 Å². The second-order valence-corrected chi connectivity index (χ2v) is 7.98. The van der Waals surface area contributed by atoms with Gasteiger partial charge in [0.25, 0.3) is 5.91 Å². The molecule has 1 aromatic carbocycles. The number of carbonyl (C=O) groups excluding carboxylic acids is 1. The smallest absolute Gasteiger partial charge is 0.261 e. The van der Waals surface area contributed by atoms with Gasteiger partial charge >= 0.3 is 0 Å². The Labute approximate surface area is 154 Å². The molecule has 1 amide bonds. The van der Waals surface area contributed by atoms with Gasteiger partial charge in [0.05, 0.1) is 20.0 Å². The van der Waals surface area contributed by atoms with Crippen molar-refractivity contribution in [1.82, 2.24) is 10.3 Å². The number of hydrogen-bond acceptors (Lipinski definition) is 5. The maximum atomic E-state index is 12.2. The van der Waals surface area contributed by atoms with Crippen molar-refractivity contribution in [3.05, 3.63) is 41.3 Å². The van der Waals surface area contributed by atoms with E-state index in [4.69, 9.17) is 5.73 Å². The van der Waals surface area contributed by atoms with Crippen LogP contribution in [0.2, 0.25) is 0 Å². The van der Waals surface area contributed by atoms with Gasteiger partial charge in [-0.25, -0.2) is 4.98 Å². The molecule has 0 saturated heterocycles. The molecule has 1 fully saturated rings. The second-order valence-electron chi connectivity index (χ2n) is 5.86. The van der Waals surface area contributed by atoms with Crippen LogP contribution >= 0.6 is 35.1 Å². The third-order valence-electron chi connectivity index (χ3n) is 4.06. The molecule has 1 saturated carbocycles. The van der Waals surface area contributed by atoms with Crippen molar-refractivity contribution < 1.29 is 4.79 Å². The number of nitrogens with zero attached hydrogens (tertiary/aromatic N) is 1. The summed E-state index contributed by atoms with van der Waals surface area (Å²) in [6, 6.07) is 12.0. The minimum atomic E-state index is -0.0431. The highest BCUT2D eigenvalue weighted by molar-refractivity contribution is 7.26. The Hall–Kier alpha value is -1.47. The van der Waals surface area contributed by atoms with Crippen LogP contribution in [0, 0.1) is 5.92 Å². The lowest BCUT2D eigenvalue weighted by Crippen LogP contribution is -2.38. The van der Waals surface area contributed by atoms with Crippen molar-refractivity contribution in [3.8, 4) is 9.88 Å². The van der Waals surface area contributed by atoms with Crippen molar-refractivity contribution in [2.45, 2.75) is 18.9 Å². The summed E-state index contributed by atoms with van der Waals surface area (Å²) >= 11 is 3.13. The number of nitrogens with one attached hydrogen (secondary N) is 1. The van der Waals surface area contributed by atoms with Gasteiger partial charge in [0.15, 0.2) is 0 Å². The molecule has 0 spiro atoms. The quantitative estimate of drug-likeness (QED) is 0.706. The summed E-state index contributed by atoms with van der Waals surface area (Å²) in [5.41, 5.74) is 7.03. The fourth-order valence-corrected chi connectivity index (χ4v) is 4.48. The van der Waals surface area contributed by atoms with Gasteiger partial charge in [-0.1, -0.05) is 12.1 Å². The van der Waals surface area contributed by atoms with Crippen LogP contribution < -0.4 is 11.1 Å². The number of amides is 1. The molecule has 2 aromatic heterocycles. The first-order valence-electron chi connectivity index (χ1n) is 7.70. The van der Waals surface area contributed by atoms with Gasteiger partial charge in [0, 0.05) is 12.6 Å². The van der Waals surface area contributed by atoms with Crippen molar-refractivity contribution in [1.29, 1.82) is 0 Å². The molecule has 24 heavy (non-hydrogen) atoms. The molecule has 1 unspecified atom stereocenters. The Balaban J connectivity index is 0.00000169. The third kappa shape index (κ3) is 3.62. The van der Waals surface area contributed by atoms with Gasteiger partial charge < -0.3 is 11.1 Å². The lowest BCUT2D eigenvalue weighted by atomic mass is 10.2. The van der Waals surface area contributed by atoms with E-state index in [1.807, 2.05) is 30.3 Å². The highest BCUT2D eigenvalue weighted by Crippen LogP contribution is 2.34. The number of halogens is 1. The Kier molecular flexibility index (Phi) is 5.20. The summed E-state index contributed by atoms with van der Waals surface area (Å²) in [4.78, 5) is 18.6. The molecule has 2 heterocycles. The lowest BCUT2D eigenvalue weighted by molar-refractivity contribution is 0.0954. The lowest BCUT2D eigenvalue weighted by Gasteiger charge is -2.10. The standard InChI is InChI=1S/C17H17N3OS2.ClH/c18-11(10-5-6-10)9-19-16(21)14-7-8-15(22-14)17-20-12-3-1-2-4-13(12)23-17;/h1-4,7-8,10-11H,5-6,9,18H2,(H,19,21);1H. The van der Waals surface area contributed by atoms with Crippen LogP contribution in [0.5, 0.6) is 0 Å². The van der Waals surface area contributed by atoms with E-state index >= 15 is 0 Å². The minimum absolute atomic E-state index is 0. The topological polar surface area (TPSA) is 68.0 Å². The average molecular weight is 380 g/mol. The summed E-state index contributed by atoms with van der Waals surface area (Å²) < 4.78 is 1.16. The summed E-state index contributed by atoms with van der Waals surface area (Å²) in [5.74, 6) is 0.551. The number of carbonyl (C=O) groups is 1. The Morgan fingerprint density at radius 1 is 1.25 bits per heavy atom. The zero-order valence-corrected chi connectivity index (χ0v) is 15.3. The molecule has 4 rings (SSSR count). The van der Waals surface area contributed by atoms with E-state index in [9.17, 15) is 4.79 Å². The van der Waals surface area contributed by atoms with Crippen LogP contribution in [0.25, 0.3) is 20.1 Å². The normalized spacial score (nSPS) is 15.0. The van der Waals surface area contributed by atoms with Crippen LogP contribution in [0.15, 0.2) is 36.4 Å². The monoisotopic (exact) mass is 379 g/mol. The molecule has 1 aliphatic rings. The van der Waals surface area contributed by atoms with Crippen molar-refractivity contribution >= 4 is 51.2 Å². The molecule has 7 heteroatoms. The largest absolute Gasteiger partial charge is 0.350 e. The molecule has 4 nitrogen and oxygen atoms in total. The summed E-state index contributed by atoms with van der Waals surface area (Å²) in [6.45, 7) is 0.553. The van der Waals surface area contributed by atoms with E-state index in [0.29, 0.717) is 17.3 Å². The molecule has 0 radical (unpaired) electrons. The molecule has 0 bridgehead atoms. The van der Waals surface area contributed by atoms with E-state index in [2.05, 4.69) is 16.4 Å². The van der Waals surface area contributed by atoms with Gasteiger partial charge in [-0.3, -0.25) is 4.79 Å². The minimum Gasteiger partial charge on any atom is -0.350 e. The van der Waals surface area contributed by atoms with Crippen LogP contribution in [0.3, 0.4) is 0 Å². The number of aromatic nitrogens is 1. The van der Waals surface area contributed by atoms with E-state index < -0.39 is 0 Å². The fourth-order valence-electron chi connectivity index (χ4n) is 2.54. The number of thiophene rings is 1. The van der Waals surface area contributed by atoms with Crippen LogP contribution in [-0.2, 0) is 0 Å². The van der Waals surface area contributed by atoms with Crippen LogP contribution in [0.1, 0.15) is 22.5 Å². The Morgan fingerprint density at radius 3 is 2.79 bits per heavy atom. The maximum absolute atomic E-state index is 12.2. The predicted octanol–water partition coefficient (Wildman–Crippen LogP) is 3.91. The molecular formula is C17H18ClN3OS2. The number of nitrogens with two attached hydrogens (primary N) is 1. The van der Waals surface area contributed by atoms with Crippen molar-refractivity contribution in [2.24, 2.45) is 11.7 Å². The average Bonchev–Trinajstić information content (AvgIpc) is 3.14. The van der Waals surface area contributed by atoms with Gasteiger partial charge in [0.1, 0.15) is 5.01 Å². The van der Waals surface area contributed by atoms with Crippen molar-refractivity contribution in [2.75, 3.05) is 6.54 Å².